The molecule has 0 atom stereocenters. The second-order valence-electron chi connectivity index (χ2n) is 5.81. The van der Waals surface area contributed by atoms with Gasteiger partial charge in [0.15, 0.2) is 0 Å². The second-order valence-corrected chi connectivity index (χ2v) is 5.81. The van der Waals surface area contributed by atoms with E-state index in [1.54, 1.807) is 41.5 Å². The molecular formula is C19H21N5O2. The maximum atomic E-state index is 12.1. The fourth-order valence-electron chi connectivity index (χ4n) is 2.55. The van der Waals surface area contributed by atoms with Gasteiger partial charge in [-0.2, -0.15) is 0 Å². The Morgan fingerprint density at radius 3 is 2.62 bits per heavy atom. The van der Waals surface area contributed by atoms with Crippen LogP contribution >= 0.6 is 0 Å². The van der Waals surface area contributed by atoms with Gasteiger partial charge >= 0.3 is 0 Å². The molecule has 26 heavy (non-hydrogen) atoms. The zero-order valence-electron chi connectivity index (χ0n) is 14.8. The van der Waals surface area contributed by atoms with E-state index in [1.807, 2.05) is 26.0 Å². The molecule has 0 unspecified atom stereocenters. The Kier molecular flexibility index (Phi) is 5.58. The van der Waals surface area contributed by atoms with E-state index in [4.69, 9.17) is 4.74 Å². The van der Waals surface area contributed by atoms with Gasteiger partial charge in [0.1, 0.15) is 24.2 Å². The SMILES string of the molecule is CCC(CC)C(=O)Nc1ccc(Oc2cc(-n3ccnc3)ncn2)cc1. The van der Waals surface area contributed by atoms with Crippen molar-refractivity contribution in [3.8, 4) is 17.4 Å². The molecule has 1 aromatic carbocycles. The van der Waals surface area contributed by atoms with Gasteiger partial charge in [0, 0.05) is 30.1 Å². The summed E-state index contributed by atoms with van der Waals surface area (Å²) in [4.78, 5) is 24.4. The van der Waals surface area contributed by atoms with Crippen molar-refractivity contribution in [2.45, 2.75) is 26.7 Å². The summed E-state index contributed by atoms with van der Waals surface area (Å²) in [5.41, 5.74) is 0.746. The van der Waals surface area contributed by atoms with Gasteiger partial charge in [0.25, 0.3) is 0 Å². The minimum absolute atomic E-state index is 0.0357. The predicted octanol–water partition coefficient (Wildman–Crippen LogP) is 3.83. The number of nitrogens with one attached hydrogen (secondary N) is 1. The van der Waals surface area contributed by atoms with Crippen LogP contribution in [-0.4, -0.2) is 25.4 Å². The highest BCUT2D eigenvalue weighted by atomic mass is 16.5. The number of rotatable bonds is 7. The zero-order chi connectivity index (χ0) is 18.4. The number of imidazole rings is 1. The van der Waals surface area contributed by atoms with Gasteiger partial charge in [-0.1, -0.05) is 13.8 Å². The number of carbonyl (C=O) groups excluding carboxylic acids is 1. The zero-order valence-corrected chi connectivity index (χ0v) is 14.8. The van der Waals surface area contributed by atoms with Crippen LogP contribution in [0.25, 0.3) is 5.82 Å². The molecule has 2 heterocycles. The number of amides is 1. The third kappa shape index (κ3) is 4.24. The maximum Gasteiger partial charge on any atom is 0.227 e. The minimum Gasteiger partial charge on any atom is -0.439 e. The van der Waals surface area contributed by atoms with E-state index in [1.165, 1.54) is 6.33 Å². The first-order chi connectivity index (χ1) is 12.7. The molecule has 3 rings (SSSR count). The van der Waals surface area contributed by atoms with Crippen LogP contribution in [0.4, 0.5) is 5.69 Å². The van der Waals surface area contributed by atoms with E-state index in [0.29, 0.717) is 17.4 Å². The maximum absolute atomic E-state index is 12.1. The van der Waals surface area contributed by atoms with Crippen molar-refractivity contribution >= 4 is 11.6 Å². The predicted molar refractivity (Wildman–Crippen MR) is 98.4 cm³/mol. The molecule has 7 nitrogen and oxygen atoms in total. The molecule has 0 spiro atoms. The Hall–Kier alpha value is -3.22. The number of ether oxygens (including phenoxy) is 1. The summed E-state index contributed by atoms with van der Waals surface area (Å²) >= 11 is 0. The first kappa shape index (κ1) is 17.6. The highest BCUT2D eigenvalue weighted by molar-refractivity contribution is 5.92. The number of aromatic nitrogens is 4. The third-order valence-electron chi connectivity index (χ3n) is 4.10. The molecule has 0 saturated heterocycles. The molecule has 0 fully saturated rings. The number of nitrogens with zero attached hydrogens (tertiary/aromatic N) is 4. The molecule has 1 amide bonds. The Morgan fingerprint density at radius 2 is 1.96 bits per heavy atom. The second kappa shape index (κ2) is 8.24. The summed E-state index contributed by atoms with van der Waals surface area (Å²) in [6.07, 6.45) is 8.23. The lowest BCUT2D eigenvalue weighted by Crippen LogP contribution is -2.21. The van der Waals surface area contributed by atoms with Crippen molar-refractivity contribution in [1.82, 2.24) is 19.5 Å². The van der Waals surface area contributed by atoms with Crippen LogP contribution in [0.5, 0.6) is 11.6 Å². The largest absolute Gasteiger partial charge is 0.439 e. The number of hydrogen-bond donors (Lipinski definition) is 1. The average Bonchev–Trinajstić information content (AvgIpc) is 3.19. The van der Waals surface area contributed by atoms with Gasteiger partial charge in [-0.25, -0.2) is 15.0 Å². The van der Waals surface area contributed by atoms with Gasteiger partial charge in [0.05, 0.1) is 0 Å². The van der Waals surface area contributed by atoms with E-state index in [9.17, 15) is 4.79 Å². The van der Waals surface area contributed by atoms with E-state index in [-0.39, 0.29) is 11.8 Å². The lowest BCUT2D eigenvalue weighted by molar-refractivity contribution is -0.120. The quantitative estimate of drug-likeness (QED) is 0.699. The van der Waals surface area contributed by atoms with Crippen LogP contribution in [0, 0.1) is 5.92 Å². The number of carbonyl (C=O) groups is 1. The first-order valence-corrected chi connectivity index (χ1v) is 8.58. The molecule has 2 aromatic heterocycles. The molecule has 0 saturated carbocycles. The van der Waals surface area contributed by atoms with Crippen LogP contribution in [-0.2, 0) is 4.79 Å². The van der Waals surface area contributed by atoms with Gasteiger partial charge in [-0.05, 0) is 37.1 Å². The molecule has 0 radical (unpaired) electrons. The monoisotopic (exact) mass is 351 g/mol. The summed E-state index contributed by atoms with van der Waals surface area (Å²) in [6, 6.07) is 8.94. The van der Waals surface area contributed by atoms with Crippen LogP contribution < -0.4 is 10.1 Å². The Bertz CT molecular complexity index is 843. The molecular weight excluding hydrogens is 330 g/mol. The summed E-state index contributed by atoms with van der Waals surface area (Å²) in [6.45, 7) is 4.04. The summed E-state index contributed by atoms with van der Waals surface area (Å²) in [5.74, 6) is 1.80. The summed E-state index contributed by atoms with van der Waals surface area (Å²) in [7, 11) is 0. The van der Waals surface area contributed by atoms with Crippen molar-refractivity contribution in [2.24, 2.45) is 5.92 Å². The van der Waals surface area contributed by atoms with E-state index in [2.05, 4.69) is 20.3 Å². The molecule has 134 valence electrons. The Labute approximate surface area is 152 Å². The topological polar surface area (TPSA) is 81.9 Å². The van der Waals surface area contributed by atoms with E-state index >= 15 is 0 Å². The van der Waals surface area contributed by atoms with Crippen molar-refractivity contribution in [1.29, 1.82) is 0 Å². The standard InChI is InChI=1S/C19H21N5O2/c1-3-14(4-2)19(25)23-15-5-7-16(8-6-15)26-18-11-17(21-12-22-18)24-10-9-20-13-24/h5-14H,3-4H2,1-2H3,(H,23,25). The minimum atomic E-state index is 0.0357. The Balaban J connectivity index is 1.66. The lowest BCUT2D eigenvalue weighted by atomic mass is 10.0. The molecule has 0 bridgehead atoms. The fraction of sp³-hybridized carbons (Fsp3) is 0.263. The molecule has 0 aliphatic carbocycles. The van der Waals surface area contributed by atoms with Gasteiger partial charge in [0.2, 0.25) is 11.8 Å². The summed E-state index contributed by atoms with van der Waals surface area (Å²) in [5, 5.41) is 2.93. The van der Waals surface area contributed by atoms with Crippen LogP contribution in [0.15, 0.2) is 55.4 Å². The highest BCUT2D eigenvalue weighted by Crippen LogP contribution is 2.23. The van der Waals surface area contributed by atoms with Crippen molar-refractivity contribution in [2.75, 3.05) is 5.32 Å². The van der Waals surface area contributed by atoms with Crippen molar-refractivity contribution in [3.05, 3.63) is 55.4 Å². The first-order valence-electron chi connectivity index (χ1n) is 8.58. The third-order valence-corrected chi connectivity index (χ3v) is 4.10. The van der Waals surface area contributed by atoms with Crippen LogP contribution in [0.3, 0.4) is 0 Å². The normalized spacial score (nSPS) is 10.7. The molecule has 0 aliphatic heterocycles. The average molecular weight is 351 g/mol. The number of anilines is 1. The van der Waals surface area contributed by atoms with Gasteiger partial charge in [-0.3, -0.25) is 9.36 Å². The fourth-order valence-corrected chi connectivity index (χ4v) is 2.55. The molecule has 3 aromatic rings. The van der Waals surface area contributed by atoms with Crippen LogP contribution in [0.1, 0.15) is 26.7 Å². The van der Waals surface area contributed by atoms with E-state index < -0.39 is 0 Å². The van der Waals surface area contributed by atoms with Crippen molar-refractivity contribution in [3.63, 3.8) is 0 Å². The van der Waals surface area contributed by atoms with Crippen LogP contribution in [0.2, 0.25) is 0 Å². The molecule has 0 aliphatic rings. The Morgan fingerprint density at radius 1 is 1.19 bits per heavy atom. The smallest absolute Gasteiger partial charge is 0.227 e. The number of hydrogen-bond acceptors (Lipinski definition) is 5. The highest BCUT2D eigenvalue weighted by Gasteiger charge is 2.14. The van der Waals surface area contributed by atoms with Crippen molar-refractivity contribution < 1.29 is 9.53 Å². The molecule has 1 N–H and O–H groups in total. The van der Waals surface area contributed by atoms with Gasteiger partial charge < -0.3 is 10.1 Å². The van der Waals surface area contributed by atoms with E-state index in [0.717, 1.165) is 18.5 Å². The number of benzene rings is 1. The summed E-state index contributed by atoms with van der Waals surface area (Å²) < 4.78 is 7.54. The van der Waals surface area contributed by atoms with Gasteiger partial charge in [-0.15, -0.1) is 0 Å². The molecule has 7 heteroatoms. The lowest BCUT2D eigenvalue weighted by Gasteiger charge is -2.13.